The van der Waals surface area contributed by atoms with E-state index < -0.39 is 52.7 Å². The van der Waals surface area contributed by atoms with Crippen molar-refractivity contribution in [2.75, 3.05) is 19.5 Å². The van der Waals surface area contributed by atoms with Crippen LogP contribution >= 0.6 is 23.2 Å². The summed E-state index contributed by atoms with van der Waals surface area (Å²) in [6.07, 6.45) is 0.0992. The number of nitrogens with one attached hydrogen (secondary N) is 2. The van der Waals surface area contributed by atoms with Crippen molar-refractivity contribution in [1.29, 1.82) is 0 Å². The number of halogens is 4. The largest absolute Gasteiger partial charge is 0.496 e. The SMILES string of the molecule is COC(=O)c1cc(OC)c(CC(=O)[C@@H]2N[C@@H](CC(C)(C)C)[C@@]3(C(=O)Nc4cc(Cl)ccc43)[C@H]2c2cccc(Cl)c2F)cc1F. The lowest BCUT2D eigenvalue weighted by Gasteiger charge is -2.37. The van der Waals surface area contributed by atoms with E-state index in [2.05, 4.69) is 15.4 Å². The molecule has 3 aromatic carbocycles. The van der Waals surface area contributed by atoms with Gasteiger partial charge in [0.15, 0.2) is 5.78 Å². The number of ketones is 1. The van der Waals surface area contributed by atoms with Crippen molar-refractivity contribution in [1.82, 2.24) is 5.32 Å². The van der Waals surface area contributed by atoms with Crippen molar-refractivity contribution in [3.8, 4) is 5.75 Å². The molecule has 0 radical (unpaired) electrons. The summed E-state index contributed by atoms with van der Waals surface area (Å²) in [6, 6.07) is 10.0. The molecule has 44 heavy (non-hydrogen) atoms. The summed E-state index contributed by atoms with van der Waals surface area (Å²) in [5.74, 6) is -4.32. The second kappa shape index (κ2) is 11.8. The minimum atomic E-state index is -1.43. The highest BCUT2D eigenvalue weighted by Gasteiger charge is 2.66. The molecule has 2 N–H and O–H groups in total. The molecule has 2 aliphatic rings. The number of hydrogen-bond donors (Lipinski definition) is 2. The Bertz CT molecular complexity index is 1670. The second-order valence-electron chi connectivity index (χ2n) is 12.4. The van der Waals surface area contributed by atoms with Gasteiger partial charge in [0, 0.05) is 34.7 Å². The lowest BCUT2D eigenvalue weighted by Crippen LogP contribution is -2.49. The van der Waals surface area contributed by atoms with E-state index in [9.17, 15) is 18.8 Å². The third kappa shape index (κ3) is 5.35. The number of methoxy groups -OCH3 is 2. The Kier molecular flexibility index (Phi) is 8.52. The number of esters is 1. The molecule has 4 atom stereocenters. The maximum absolute atomic E-state index is 16.0. The number of rotatable bonds is 7. The zero-order valence-electron chi connectivity index (χ0n) is 24.8. The molecule has 3 aromatic rings. The highest BCUT2D eigenvalue weighted by Crippen LogP contribution is 2.57. The Morgan fingerprint density at radius 1 is 1.05 bits per heavy atom. The van der Waals surface area contributed by atoms with Crippen LogP contribution in [0.2, 0.25) is 10.0 Å². The Morgan fingerprint density at radius 3 is 2.43 bits per heavy atom. The van der Waals surface area contributed by atoms with E-state index in [4.69, 9.17) is 27.9 Å². The molecular weight excluding hydrogens is 613 g/mol. The molecule has 7 nitrogen and oxygen atoms in total. The van der Waals surface area contributed by atoms with Gasteiger partial charge in [-0.1, -0.05) is 62.2 Å². The molecule has 2 aliphatic heterocycles. The fourth-order valence-electron chi connectivity index (χ4n) is 6.69. The molecule has 232 valence electrons. The summed E-state index contributed by atoms with van der Waals surface area (Å²) in [6.45, 7) is 6.04. The molecule has 0 bridgehead atoms. The third-order valence-electron chi connectivity index (χ3n) is 8.43. The lowest BCUT2D eigenvalue weighted by atomic mass is 9.62. The van der Waals surface area contributed by atoms with Crippen LogP contribution in [0, 0.1) is 17.0 Å². The standard InChI is InChI=1S/C33H32Cl2F2N2O5/c1-32(2,3)15-26-33(20-10-9-17(34)13-23(20)38-31(33)42)27(18-7-6-8-21(35)28(18)37)29(39-26)24(40)12-16-11-22(36)19(30(41)44-5)14-25(16)43-4/h6-11,13-14,26-27,29,39H,12,15H2,1-5H3,(H,38,42)/t26-,27-,29-,33+/m0/s1. The summed E-state index contributed by atoms with van der Waals surface area (Å²) < 4.78 is 41.0. The third-order valence-corrected chi connectivity index (χ3v) is 8.95. The van der Waals surface area contributed by atoms with Gasteiger partial charge >= 0.3 is 5.97 Å². The van der Waals surface area contributed by atoms with E-state index in [1.165, 1.54) is 25.3 Å². The average Bonchev–Trinajstić information content (AvgIpc) is 3.43. The fourth-order valence-corrected chi connectivity index (χ4v) is 7.04. The van der Waals surface area contributed by atoms with Crippen LogP contribution in [-0.4, -0.2) is 44.0 Å². The van der Waals surface area contributed by atoms with Crippen molar-refractivity contribution >= 4 is 46.5 Å². The highest BCUT2D eigenvalue weighted by molar-refractivity contribution is 6.31. The Labute approximate surface area is 264 Å². The summed E-state index contributed by atoms with van der Waals surface area (Å²) in [4.78, 5) is 40.7. The Balaban J connectivity index is 1.70. The maximum atomic E-state index is 16.0. The van der Waals surface area contributed by atoms with Gasteiger partial charge in [-0.3, -0.25) is 9.59 Å². The average molecular weight is 646 g/mol. The van der Waals surface area contributed by atoms with Gasteiger partial charge in [-0.15, -0.1) is 0 Å². The van der Waals surface area contributed by atoms with E-state index in [1.54, 1.807) is 24.3 Å². The number of Topliss-reactive ketones (excluding diaryl/α,β-unsaturated/α-hetero) is 1. The molecule has 1 saturated heterocycles. The van der Waals surface area contributed by atoms with Crippen LogP contribution in [0.5, 0.6) is 5.75 Å². The molecule has 0 saturated carbocycles. The van der Waals surface area contributed by atoms with Gasteiger partial charge in [0.1, 0.15) is 22.8 Å². The van der Waals surface area contributed by atoms with Crippen molar-refractivity contribution in [2.45, 2.75) is 57.0 Å². The number of amides is 1. The topological polar surface area (TPSA) is 93.7 Å². The van der Waals surface area contributed by atoms with Gasteiger partial charge in [0.2, 0.25) is 5.91 Å². The zero-order chi connectivity index (χ0) is 32.1. The van der Waals surface area contributed by atoms with Crippen molar-refractivity contribution in [3.05, 3.63) is 92.5 Å². The summed E-state index contributed by atoms with van der Waals surface area (Å²) in [7, 11) is 2.46. The van der Waals surface area contributed by atoms with Crippen LogP contribution in [0.4, 0.5) is 14.5 Å². The smallest absolute Gasteiger partial charge is 0.340 e. The molecule has 0 unspecified atom stereocenters. The number of anilines is 1. The van der Waals surface area contributed by atoms with Gasteiger partial charge in [-0.05, 0) is 53.3 Å². The van der Waals surface area contributed by atoms with Gasteiger partial charge in [-0.2, -0.15) is 0 Å². The number of benzene rings is 3. The number of fused-ring (bicyclic) bond motifs is 2. The Hall–Kier alpha value is -3.53. The molecule has 1 amide bonds. The van der Waals surface area contributed by atoms with Crippen LogP contribution in [0.25, 0.3) is 0 Å². The van der Waals surface area contributed by atoms with Crippen LogP contribution in [-0.2, 0) is 26.2 Å². The minimum Gasteiger partial charge on any atom is -0.496 e. The first-order chi connectivity index (χ1) is 20.7. The van der Waals surface area contributed by atoms with E-state index in [0.717, 1.165) is 13.2 Å². The van der Waals surface area contributed by atoms with Gasteiger partial charge in [0.05, 0.1) is 30.8 Å². The van der Waals surface area contributed by atoms with Crippen LogP contribution < -0.4 is 15.4 Å². The van der Waals surface area contributed by atoms with Gasteiger partial charge < -0.3 is 20.1 Å². The van der Waals surface area contributed by atoms with Crippen molar-refractivity contribution in [2.24, 2.45) is 5.41 Å². The Morgan fingerprint density at radius 2 is 1.77 bits per heavy atom. The second-order valence-corrected chi connectivity index (χ2v) is 13.2. The van der Waals surface area contributed by atoms with Crippen molar-refractivity contribution < 1.29 is 32.6 Å². The van der Waals surface area contributed by atoms with Crippen molar-refractivity contribution in [3.63, 3.8) is 0 Å². The van der Waals surface area contributed by atoms with E-state index in [-0.39, 0.29) is 39.3 Å². The molecule has 0 aliphatic carbocycles. The molecule has 11 heteroatoms. The van der Waals surface area contributed by atoms with Crippen LogP contribution in [0.1, 0.15) is 60.2 Å². The van der Waals surface area contributed by atoms with Crippen LogP contribution in [0.3, 0.4) is 0 Å². The first-order valence-electron chi connectivity index (χ1n) is 14.0. The first kappa shape index (κ1) is 31.9. The number of ether oxygens (including phenoxy) is 2. The summed E-state index contributed by atoms with van der Waals surface area (Å²) in [5.41, 5.74) is -0.761. The lowest BCUT2D eigenvalue weighted by molar-refractivity contribution is -0.122. The predicted molar refractivity (Wildman–Crippen MR) is 164 cm³/mol. The molecule has 1 spiro atoms. The molecular formula is C33H32Cl2F2N2O5. The number of carbonyl (C=O) groups excluding carboxylic acids is 3. The fraction of sp³-hybridized carbons (Fsp3) is 0.364. The maximum Gasteiger partial charge on any atom is 0.340 e. The predicted octanol–water partition coefficient (Wildman–Crippen LogP) is 6.63. The quantitative estimate of drug-likeness (QED) is 0.281. The first-order valence-corrected chi connectivity index (χ1v) is 14.8. The summed E-state index contributed by atoms with van der Waals surface area (Å²) >= 11 is 12.5. The number of carbonyl (C=O) groups is 3. The summed E-state index contributed by atoms with van der Waals surface area (Å²) in [5, 5.41) is 6.60. The molecule has 2 heterocycles. The minimum absolute atomic E-state index is 0.0943. The van der Waals surface area contributed by atoms with E-state index in [0.29, 0.717) is 22.7 Å². The zero-order valence-corrected chi connectivity index (χ0v) is 26.3. The van der Waals surface area contributed by atoms with E-state index >= 15 is 4.39 Å². The van der Waals surface area contributed by atoms with E-state index in [1.807, 2.05) is 20.8 Å². The van der Waals surface area contributed by atoms with Crippen LogP contribution in [0.15, 0.2) is 48.5 Å². The normalized spacial score (nSPS) is 22.6. The van der Waals surface area contributed by atoms with Gasteiger partial charge in [-0.25, -0.2) is 13.6 Å². The molecule has 1 fully saturated rings. The number of hydrogen-bond acceptors (Lipinski definition) is 6. The van der Waals surface area contributed by atoms with Gasteiger partial charge in [0.25, 0.3) is 0 Å². The molecule has 0 aromatic heterocycles. The monoisotopic (exact) mass is 644 g/mol. The molecule has 5 rings (SSSR count). The highest BCUT2D eigenvalue weighted by atomic mass is 35.5.